The molecule has 0 radical (unpaired) electrons. The minimum absolute atomic E-state index is 0.169. The zero-order valence-electron chi connectivity index (χ0n) is 11.1. The lowest BCUT2D eigenvalue weighted by Gasteiger charge is -2.31. The van der Waals surface area contributed by atoms with Gasteiger partial charge in [0.1, 0.15) is 5.58 Å². The van der Waals surface area contributed by atoms with E-state index in [1.165, 1.54) is 10.9 Å². The Morgan fingerprint density at radius 2 is 1.94 bits per heavy atom. The molecule has 0 fully saturated rings. The summed E-state index contributed by atoms with van der Waals surface area (Å²) in [6.07, 6.45) is 1.89. The molecule has 1 aromatic heterocycles. The summed E-state index contributed by atoms with van der Waals surface area (Å²) in [6.45, 7) is 9.86. The summed E-state index contributed by atoms with van der Waals surface area (Å²) >= 11 is 0. The summed E-state index contributed by atoms with van der Waals surface area (Å²) in [6, 6.07) is 8.53. The van der Waals surface area contributed by atoms with Gasteiger partial charge in [-0.2, -0.15) is 0 Å². The summed E-state index contributed by atoms with van der Waals surface area (Å²) in [4.78, 5) is 0. The van der Waals surface area contributed by atoms with E-state index in [4.69, 9.17) is 4.42 Å². The van der Waals surface area contributed by atoms with Gasteiger partial charge in [-0.25, -0.2) is 0 Å². The highest BCUT2D eigenvalue weighted by atomic mass is 16.3. The minimum atomic E-state index is 0.169. The van der Waals surface area contributed by atoms with Crippen molar-refractivity contribution in [3.63, 3.8) is 0 Å². The van der Waals surface area contributed by atoms with Crippen LogP contribution in [0.15, 0.2) is 34.9 Å². The van der Waals surface area contributed by atoms with Crippen molar-refractivity contribution in [1.29, 1.82) is 0 Å². The third-order valence-corrected chi connectivity index (χ3v) is 3.10. The number of furan rings is 1. The van der Waals surface area contributed by atoms with Gasteiger partial charge in [0.25, 0.3) is 0 Å². The standard InChI is InChI=1S/C15H21NO/c1-5-16-14(15(2,3)4)12-10-17-13-9-7-6-8-11(12)13/h6-10,14,16H,5H2,1-4H3. The molecule has 0 saturated carbocycles. The quantitative estimate of drug-likeness (QED) is 0.859. The predicted molar refractivity (Wildman–Crippen MR) is 72.1 cm³/mol. The van der Waals surface area contributed by atoms with Crippen molar-refractivity contribution in [1.82, 2.24) is 5.32 Å². The fraction of sp³-hybridized carbons (Fsp3) is 0.467. The average Bonchev–Trinajstić information content (AvgIpc) is 2.68. The summed E-state index contributed by atoms with van der Waals surface area (Å²) in [5.74, 6) is 0. The van der Waals surface area contributed by atoms with Gasteiger partial charge in [-0.05, 0) is 18.0 Å². The summed E-state index contributed by atoms with van der Waals surface area (Å²) in [7, 11) is 0. The van der Waals surface area contributed by atoms with E-state index in [0.717, 1.165) is 12.1 Å². The number of hydrogen-bond donors (Lipinski definition) is 1. The molecule has 1 atom stereocenters. The molecule has 2 aromatic rings. The number of para-hydroxylation sites is 1. The Morgan fingerprint density at radius 3 is 2.59 bits per heavy atom. The molecule has 0 saturated heterocycles. The Morgan fingerprint density at radius 1 is 1.24 bits per heavy atom. The molecule has 17 heavy (non-hydrogen) atoms. The lowest BCUT2D eigenvalue weighted by molar-refractivity contribution is 0.276. The number of nitrogens with one attached hydrogen (secondary N) is 1. The number of hydrogen-bond acceptors (Lipinski definition) is 2. The molecule has 0 bridgehead atoms. The van der Waals surface area contributed by atoms with Gasteiger partial charge < -0.3 is 9.73 Å². The van der Waals surface area contributed by atoms with E-state index >= 15 is 0 Å². The molecule has 1 N–H and O–H groups in total. The highest BCUT2D eigenvalue weighted by molar-refractivity contribution is 5.81. The SMILES string of the molecule is CCNC(c1coc2ccccc12)C(C)(C)C. The van der Waals surface area contributed by atoms with Crippen LogP contribution in [0.4, 0.5) is 0 Å². The summed E-state index contributed by atoms with van der Waals surface area (Å²) < 4.78 is 5.63. The maximum atomic E-state index is 5.63. The van der Waals surface area contributed by atoms with Gasteiger partial charge in [0.2, 0.25) is 0 Å². The Hall–Kier alpha value is -1.28. The molecule has 1 unspecified atom stereocenters. The van der Waals surface area contributed by atoms with Crippen LogP contribution < -0.4 is 5.32 Å². The molecule has 0 amide bonds. The maximum absolute atomic E-state index is 5.63. The first-order valence-electron chi connectivity index (χ1n) is 6.23. The molecular weight excluding hydrogens is 210 g/mol. The third kappa shape index (κ3) is 2.37. The van der Waals surface area contributed by atoms with Gasteiger partial charge in [-0.1, -0.05) is 45.9 Å². The zero-order chi connectivity index (χ0) is 12.5. The highest BCUT2D eigenvalue weighted by Gasteiger charge is 2.27. The third-order valence-electron chi connectivity index (χ3n) is 3.10. The van der Waals surface area contributed by atoms with Crippen molar-refractivity contribution in [3.8, 4) is 0 Å². The van der Waals surface area contributed by atoms with Crippen LogP contribution in [0.1, 0.15) is 39.3 Å². The molecule has 2 nitrogen and oxygen atoms in total. The highest BCUT2D eigenvalue weighted by Crippen LogP contribution is 2.37. The largest absolute Gasteiger partial charge is 0.464 e. The van der Waals surface area contributed by atoms with Crippen LogP contribution in [-0.2, 0) is 0 Å². The van der Waals surface area contributed by atoms with Crippen LogP contribution in [0.2, 0.25) is 0 Å². The Labute approximate surface area is 103 Å². The first-order valence-corrected chi connectivity index (χ1v) is 6.23. The van der Waals surface area contributed by atoms with Crippen LogP contribution in [0.3, 0.4) is 0 Å². The van der Waals surface area contributed by atoms with Crippen molar-refractivity contribution in [2.45, 2.75) is 33.7 Å². The van der Waals surface area contributed by atoms with E-state index in [-0.39, 0.29) is 5.41 Å². The van der Waals surface area contributed by atoms with Crippen molar-refractivity contribution >= 4 is 11.0 Å². The Kier molecular flexibility index (Phi) is 3.25. The second-order valence-electron chi connectivity index (χ2n) is 5.54. The molecule has 1 heterocycles. The molecule has 0 aliphatic rings. The smallest absolute Gasteiger partial charge is 0.134 e. The Balaban J connectivity index is 2.49. The fourth-order valence-corrected chi connectivity index (χ4v) is 2.31. The van der Waals surface area contributed by atoms with Crippen molar-refractivity contribution in [2.24, 2.45) is 5.41 Å². The molecule has 0 aliphatic carbocycles. The molecule has 1 aromatic carbocycles. The van der Waals surface area contributed by atoms with E-state index in [9.17, 15) is 0 Å². The van der Waals surface area contributed by atoms with Gasteiger partial charge >= 0.3 is 0 Å². The van der Waals surface area contributed by atoms with E-state index < -0.39 is 0 Å². The molecule has 0 spiro atoms. The van der Waals surface area contributed by atoms with Crippen molar-refractivity contribution < 1.29 is 4.42 Å². The van der Waals surface area contributed by atoms with Gasteiger partial charge in [-0.3, -0.25) is 0 Å². The Bertz CT molecular complexity index is 493. The minimum Gasteiger partial charge on any atom is -0.464 e. The van der Waals surface area contributed by atoms with Crippen molar-refractivity contribution in [2.75, 3.05) is 6.54 Å². The molecule has 2 heteroatoms. The fourth-order valence-electron chi connectivity index (χ4n) is 2.31. The van der Waals surface area contributed by atoms with Gasteiger partial charge in [0.05, 0.1) is 6.26 Å². The zero-order valence-corrected chi connectivity index (χ0v) is 11.1. The topological polar surface area (TPSA) is 25.2 Å². The van der Waals surface area contributed by atoms with Crippen molar-refractivity contribution in [3.05, 3.63) is 36.1 Å². The molecule has 92 valence electrons. The summed E-state index contributed by atoms with van der Waals surface area (Å²) in [5.41, 5.74) is 2.40. The first kappa shape index (κ1) is 12.2. The maximum Gasteiger partial charge on any atom is 0.134 e. The number of fused-ring (bicyclic) bond motifs is 1. The van der Waals surface area contributed by atoms with Crippen LogP contribution in [0.5, 0.6) is 0 Å². The lowest BCUT2D eigenvalue weighted by atomic mass is 9.82. The second kappa shape index (κ2) is 4.53. The van der Waals surface area contributed by atoms with Crippen LogP contribution in [0.25, 0.3) is 11.0 Å². The lowest BCUT2D eigenvalue weighted by Crippen LogP contribution is -2.31. The second-order valence-corrected chi connectivity index (χ2v) is 5.54. The van der Waals surface area contributed by atoms with E-state index in [1.807, 2.05) is 18.4 Å². The van der Waals surface area contributed by atoms with Crippen LogP contribution in [-0.4, -0.2) is 6.54 Å². The first-order chi connectivity index (χ1) is 8.04. The number of rotatable bonds is 3. The monoisotopic (exact) mass is 231 g/mol. The van der Waals surface area contributed by atoms with Gasteiger partial charge in [0.15, 0.2) is 0 Å². The van der Waals surface area contributed by atoms with Gasteiger partial charge in [-0.15, -0.1) is 0 Å². The van der Waals surface area contributed by atoms with E-state index in [0.29, 0.717) is 6.04 Å². The summed E-state index contributed by atoms with van der Waals surface area (Å²) in [5, 5.41) is 4.77. The molecule has 2 rings (SSSR count). The van der Waals surface area contributed by atoms with Crippen LogP contribution >= 0.6 is 0 Å². The van der Waals surface area contributed by atoms with E-state index in [1.54, 1.807) is 0 Å². The van der Waals surface area contributed by atoms with E-state index in [2.05, 4.69) is 45.1 Å². The average molecular weight is 231 g/mol. The normalized spacial score (nSPS) is 14.1. The molecular formula is C15H21NO. The number of benzene rings is 1. The van der Waals surface area contributed by atoms with Crippen LogP contribution in [0, 0.1) is 5.41 Å². The van der Waals surface area contributed by atoms with Gasteiger partial charge in [0, 0.05) is 17.0 Å². The molecule has 0 aliphatic heterocycles. The predicted octanol–water partition coefficient (Wildman–Crippen LogP) is 4.13.